The molecular weight excluding hydrogens is 384 g/mol. The first kappa shape index (κ1) is 19.8. The van der Waals surface area contributed by atoms with Crippen molar-refractivity contribution in [1.82, 2.24) is 14.9 Å². The van der Waals surface area contributed by atoms with Crippen molar-refractivity contribution in [2.24, 2.45) is 5.92 Å². The topological polar surface area (TPSA) is 120 Å². The number of methoxy groups -OCH3 is 1. The molecule has 4 rings (SSSR count). The third kappa shape index (κ3) is 4.39. The highest BCUT2D eigenvalue weighted by atomic mass is 16.5. The maximum absolute atomic E-state index is 12.3. The molecule has 1 saturated carbocycles. The minimum Gasteiger partial charge on any atom is -0.378 e. The number of likely N-dealkylation sites (tertiary alicyclic amines) is 1. The lowest BCUT2D eigenvalue weighted by atomic mass is 10.1. The first-order chi connectivity index (χ1) is 14.6. The van der Waals surface area contributed by atoms with E-state index in [4.69, 9.17) is 4.74 Å². The van der Waals surface area contributed by atoms with E-state index in [0.717, 1.165) is 18.4 Å². The van der Waals surface area contributed by atoms with Crippen molar-refractivity contribution in [1.29, 1.82) is 5.26 Å². The Morgan fingerprint density at radius 3 is 2.70 bits per heavy atom. The molecule has 0 unspecified atom stereocenters. The van der Waals surface area contributed by atoms with Gasteiger partial charge in [-0.15, -0.1) is 0 Å². The molecule has 2 aromatic rings. The molecule has 1 aromatic carbocycles. The number of nitriles is 1. The monoisotopic (exact) mass is 406 g/mol. The molecular formula is C21H22N6O3. The summed E-state index contributed by atoms with van der Waals surface area (Å²) in [5.41, 5.74) is 2.34. The number of carbonyl (C=O) groups excluding carboxylic acids is 2. The Labute approximate surface area is 174 Å². The Bertz CT molecular complexity index is 991. The van der Waals surface area contributed by atoms with Crippen molar-refractivity contribution in [3.05, 3.63) is 36.2 Å². The summed E-state index contributed by atoms with van der Waals surface area (Å²) >= 11 is 0. The van der Waals surface area contributed by atoms with Crippen LogP contribution in [0.2, 0.25) is 0 Å². The van der Waals surface area contributed by atoms with Gasteiger partial charge in [0.1, 0.15) is 6.07 Å². The highest BCUT2D eigenvalue weighted by Gasteiger charge is 2.30. The molecule has 30 heavy (non-hydrogen) atoms. The molecule has 2 heterocycles. The molecule has 0 radical (unpaired) electrons. The van der Waals surface area contributed by atoms with Crippen LogP contribution < -0.4 is 10.6 Å². The van der Waals surface area contributed by atoms with Crippen molar-refractivity contribution in [2.45, 2.75) is 18.9 Å². The van der Waals surface area contributed by atoms with Crippen molar-refractivity contribution in [2.75, 3.05) is 37.4 Å². The molecule has 1 aromatic heterocycles. The summed E-state index contributed by atoms with van der Waals surface area (Å²) in [6.07, 6.45) is 5.03. The van der Waals surface area contributed by atoms with Crippen LogP contribution in [0.15, 0.2) is 30.6 Å². The van der Waals surface area contributed by atoms with Gasteiger partial charge in [-0.05, 0) is 25.0 Å². The summed E-state index contributed by atoms with van der Waals surface area (Å²) in [6.45, 7) is 1.26. The van der Waals surface area contributed by atoms with E-state index in [1.165, 1.54) is 6.20 Å². The van der Waals surface area contributed by atoms with E-state index in [1.807, 2.05) is 0 Å². The van der Waals surface area contributed by atoms with Gasteiger partial charge in [0.25, 0.3) is 0 Å². The Morgan fingerprint density at radius 2 is 2.07 bits per heavy atom. The Balaban J connectivity index is 1.42. The molecule has 9 heteroatoms. The molecule has 2 fully saturated rings. The van der Waals surface area contributed by atoms with Crippen LogP contribution in [0.1, 0.15) is 18.4 Å². The second kappa shape index (κ2) is 8.47. The number of nitrogens with one attached hydrogen (secondary N) is 2. The smallest absolute Gasteiger partial charge is 0.242 e. The molecule has 2 amide bonds. The SMILES string of the molecule is COC1CN(C(=O)CNc2cc(-c3cnc(NC(=O)C4CC4)cn3)ccc2C#N)C1. The van der Waals surface area contributed by atoms with E-state index in [1.54, 1.807) is 36.4 Å². The van der Waals surface area contributed by atoms with Crippen LogP contribution in [0.3, 0.4) is 0 Å². The van der Waals surface area contributed by atoms with Crippen LogP contribution >= 0.6 is 0 Å². The summed E-state index contributed by atoms with van der Waals surface area (Å²) in [5, 5.41) is 15.2. The van der Waals surface area contributed by atoms with Gasteiger partial charge in [0.05, 0.1) is 42.0 Å². The zero-order valence-electron chi connectivity index (χ0n) is 16.6. The fourth-order valence-corrected chi connectivity index (χ4v) is 3.14. The molecule has 9 nitrogen and oxygen atoms in total. The largest absolute Gasteiger partial charge is 0.378 e. The summed E-state index contributed by atoms with van der Waals surface area (Å²) < 4.78 is 5.18. The maximum Gasteiger partial charge on any atom is 0.242 e. The molecule has 2 N–H and O–H groups in total. The summed E-state index contributed by atoms with van der Waals surface area (Å²) in [6, 6.07) is 7.35. The molecule has 1 aliphatic heterocycles. The number of nitrogens with zero attached hydrogens (tertiary/aromatic N) is 4. The minimum atomic E-state index is -0.0480. The Kier molecular flexibility index (Phi) is 5.59. The van der Waals surface area contributed by atoms with Gasteiger partial charge in [0, 0.05) is 31.7 Å². The normalized spacial score (nSPS) is 15.8. The molecule has 0 bridgehead atoms. The van der Waals surface area contributed by atoms with Crippen LogP contribution in [0.4, 0.5) is 11.5 Å². The second-order valence-corrected chi connectivity index (χ2v) is 7.43. The molecule has 0 spiro atoms. The lowest BCUT2D eigenvalue weighted by molar-refractivity contribution is -0.140. The van der Waals surface area contributed by atoms with Gasteiger partial charge in [-0.25, -0.2) is 4.98 Å². The number of carbonyl (C=O) groups is 2. The van der Waals surface area contributed by atoms with Crippen molar-refractivity contribution < 1.29 is 14.3 Å². The number of hydrogen-bond donors (Lipinski definition) is 2. The standard InChI is InChI=1S/C21H22N6O3/c1-30-16-11-27(12-16)20(28)10-24-17-6-14(4-5-15(17)7-22)18-8-25-19(9-23-18)26-21(29)13-2-3-13/h4-6,8-9,13,16,24H,2-3,10-12H2,1H3,(H,25,26,29). The van der Waals surface area contributed by atoms with Crippen LogP contribution in [0.25, 0.3) is 11.3 Å². The highest BCUT2D eigenvalue weighted by molar-refractivity contribution is 5.93. The quantitative estimate of drug-likeness (QED) is 0.717. The van der Waals surface area contributed by atoms with E-state index < -0.39 is 0 Å². The van der Waals surface area contributed by atoms with Gasteiger partial charge >= 0.3 is 0 Å². The van der Waals surface area contributed by atoms with Crippen LogP contribution in [-0.4, -0.2) is 59.5 Å². The number of aromatic nitrogens is 2. The van der Waals surface area contributed by atoms with Crippen molar-refractivity contribution in [3.8, 4) is 17.3 Å². The van der Waals surface area contributed by atoms with E-state index in [-0.39, 0.29) is 30.4 Å². The number of benzene rings is 1. The number of ether oxygens (including phenoxy) is 1. The summed E-state index contributed by atoms with van der Waals surface area (Å²) in [7, 11) is 1.63. The molecule has 0 atom stereocenters. The summed E-state index contributed by atoms with van der Waals surface area (Å²) in [4.78, 5) is 34.4. The van der Waals surface area contributed by atoms with Gasteiger partial charge in [-0.1, -0.05) is 6.07 Å². The maximum atomic E-state index is 12.3. The molecule has 2 aliphatic rings. The van der Waals surface area contributed by atoms with E-state index >= 15 is 0 Å². The first-order valence-electron chi connectivity index (χ1n) is 9.79. The fourth-order valence-electron chi connectivity index (χ4n) is 3.14. The highest BCUT2D eigenvalue weighted by Crippen LogP contribution is 2.30. The molecule has 1 saturated heterocycles. The van der Waals surface area contributed by atoms with Gasteiger partial charge in [0.2, 0.25) is 11.8 Å². The van der Waals surface area contributed by atoms with E-state index in [0.29, 0.717) is 35.9 Å². The fraction of sp³-hybridized carbons (Fsp3) is 0.381. The van der Waals surface area contributed by atoms with E-state index in [9.17, 15) is 14.9 Å². The second-order valence-electron chi connectivity index (χ2n) is 7.43. The Morgan fingerprint density at radius 1 is 1.27 bits per heavy atom. The van der Waals surface area contributed by atoms with Crippen LogP contribution in [0.5, 0.6) is 0 Å². The van der Waals surface area contributed by atoms with Gasteiger partial charge in [-0.2, -0.15) is 5.26 Å². The number of rotatable bonds is 7. The van der Waals surface area contributed by atoms with E-state index in [2.05, 4.69) is 26.7 Å². The first-order valence-corrected chi connectivity index (χ1v) is 9.79. The zero-order valence-corrected chi connectivity index (χ0v) is 16.6. The average molecular weight is 406 g/mol. The zero-order chi connectivity index (χ0) is 21.1. The minimum absolute atomic E-state index is 0.0226. The number of hydrogen-bond acceptors (Lipinski definition) is 7. The predicted octanol–water partition coefficient (Wildman–Crippen LogP) is 1.63. The van der Waals surface area contributed by atoms with Crippen LogP contribution in [0, 0.1) is 17.2 Å². The van der Waals surface area contributed by atoms with Gasteiger partial charge < -0.3 is 20.3 Å². The average Bonchev–Trinajstić information content (AvgIpc) is 3.57. The Hall–Kier alpha value is -3.51. The lowest BCUT2D eigenvalue weighted by Crippen LogP contribution is -2.55. The van der Waals surface area contributed by atoms with Gasteiger partial charge in [0.15, 0.2) is 5.82 Å². The lowest BCUT2D eigenvalue weighted by Gasteiger charge is -2.38. The third-order valence-corrected chi connectivity index (χ3v) is 5.25. The summed E-state index contributed by atoms with van der Waals surface area (Å²) in [5.74, 6) is 0.439. The van der Waals surface area contributed by atoms with Crippen molar-refractivity contribution >= 4 is 23.3 Å². The third-order valence-electron chi connectivity index (χ3n) is 5.25. The molecule has 154 valence electrons. The predicted molar refractivity (Wildman–Crippen MR) is 109 cm³/mol. The van der Waals surface area contributed by atoms with Crippen molar-refractivity contribution in [3.63, 3.8) is 0 Å². The van der Waals surface area contributed by atoms with Crippen LogP contribution in [-0.2, 0) is 14.3 Å². The number of amides is 2. The molecule has 1 aliphatic carbocycles. The number of anilines is 2. The van der Waals surface area contributed by atoms with Gasteiger partial charge in [-0.3, -0.25) is 14.6 Å².